The third-order valence-corrected chi connectivity index (χ3v) is 5.80. The fraction of sp³-hybridized carbons (Fsp3) is 0.278. The van der Waals surface area contributed by atoms with Crippen LogP contribution in [0.25, 0.3) is 0 Å². The Morgan fingerprint density at radius 3 is 2.37 bits per heavy atom. The molecule has 0 saturated heterocycles. The van der Waals surface area contributed by atoms with Crippen molar-refractivity contribution < 1.29 is 35.2 Å². The average Bonchev–Trinajstić information content (AvgIpc) is 2.63. The molecule has 12 heteroatoms. The maximum Gasteiger partial charge on any atom is 0.417 e. The first-order valence-corrected chi connectivity index (χ1v) is 10.2. The SMILES string of the molecule is CN(Cc1ccc(F)c(F)c1)C(=O)CCNS(=O)(=O)c1ccc(Cl)c(C(F)(F)F)c1. The molecule has 2 aromatic rings. The zero-order valence-electron chi connectivity index (χ0n) is 15.4. The molecule has 0 aromatic heterocycles. The van der Waals surface area contributed by atoms with Crippen molar-refractivity contribution in [3.8, 4) is 0 Å². The van der Waals surface area contributed by atoms with Crippen LogP contribution in [0.4, 0.5) is 22.0 Å². The van der Waals surface area contributed by atoms with Crippen molar-refractivity contribution in [1.29, 1.82) is 0 Å². The average molecular weight is 471 g/mol. The van der Waals surface area contributed by atoms with E-state index in [1.807, 2.05) is 4.72 Å². The van der Waals surface area contributed by atoms with Crippen molar-refractivity contribution in [3.63, 3.8) is 0 Å². The van der Waals surface area contributed by atoms with E-state index in [-0.39, 0.29) is 19.5 Å². The Labute approximate surface area is 174 Å². The minimum atomic E-state index is -4.83. The number of alkyl halides is 3. The zero-order chi connectivity index (χ0) is 22.7. The molecule has 0 aliphatic rings. The molecule has 0 fully saturated rings. The third kappa shape index (κ3) is 6.13. The van der Waals surface area contributed by atoms with Gasteiger partial charge in [-0.25, -0.2) is 21.9 Å². The Kier molecular flexibility index (Phi) is 7.43. The van der Waals surface area contributed by atoms with Gasteiger partial charge < -0.3 is 4.90 Å². The Morgan fingerprint density at radius 1 is 1.10 bits per heavy atom. The molecule has 0 bridgehead atoms. The van der Waals surface area contributed by atoms with E-state index in [1.165, 1.54) is 18.0 Å². The quantitative estimate of drug-likeness (QED) is 0.623. The molecule has 1 amide bonds. The number of carbonyl (C=O) groups excluding carboxylic acids is 1. The highest BCUT2D eigenvalue weighted by Crippen LogP contribution is 2.35. The van der Waals surface area contributed by atoms with Gasteiger partial charge in [0.25, 0.3) is 0 Å². The Hall–Kier alpha value is -2.24. The lowest BCUT2D eigenvalue weighted by Crippen LogP contribution is -2.32. The molecule has 0 unspecified atom stereocenters. The van der Waals surface area contributed by atoms with E-state index in [2.05, 4.69) is 0 Å². The van der Waals surface area contributed by atoms with Gasteiger partial charge in [0, 0.05) is 26.6 Å². The maximum atomic E-state index is 13.2. The minimum absolute atomic E-state index is 0.0467. The van der Waals surface area contributed by atoms with Gasteiger partial charge in [0.15, 0.2) is 11.6 Å². The van der Waals surface area contributed by atoms with Gasteiger partial charge >= 0.3 is 6.18 Å². The highest BCUT2D eigenvalue weighted by molar-refractivity contribution is 7.89. The first kappa shape index (κ1) is 24.0. The van der Waals surface area contributed by atoms with E-state index in [1.54, 1.807) is 0 Å². The van der Waals surface area contributed by atoms with Gasteiger partial charge in [-0.1, -0.05) is 17.7 Å². The summed E-state index contributed by atoms with van der Waals surface area (Å²) in [5.74, 6) is -2.62. The summed E-state index contributed by atoms with van der Waals surface area (Å²) in [5, 5.41) is -0.643. The van der Waals surface area contributed by atoms with Gasteiger partial charge in [0.1, 0.15) is 0 Å². The third-order valence-electron chi connectivity index (χ3n) is 4.01. The number of hydrogen-bond donors (Lipinski definition) is 1. The number of carbonyl (C=O) groups is 1. The lowest BCUT2D eigenvalue weighted by Gasteiger charge is -2.18. The monoisotopic (exact) mass is 470 g/mol. The highest BCUT2D eigenvalue weighted by atomic mass is 35.5. The molecular weight excluding hydrogens is 455 g/mol. The molecule has 0 aliphatic heterocycles. The molecule has 0 heterocycles. The molecule has 2 aromatic carbocycles. The molecule has 164 valence electrons. The predicted molar refractivity (Wildman–Crippen MR) is 99.1 cm³/mol. The standard InChI is InChI=1S/C18H16ClF5N2O3S/c1-26(10-11-2-5-15(20)16(21)8-11)17(27)6-7-25-30(28,29)12-3-4-14(19)13(9-12)18(22,23)24/h2-5,8-9,25H,6-7,10H2,1H3. The largest absolute Gasteiger partial charge is 0.417 e. The first-order valence-electron chi connectivity index (χ1n) is 8.35. The molecule has 0 radical (unpaired) electrons. The van der Waals surface area contributed by atoms with Crippen molar-refractivity contribution in [2.75, 3.05) is 13.6 Å². The molecule has 2 rings (SSSR count). The summed E-state index contributed by atoms with van der Waals surface area (Å²) in [4.78, 5) is 12.6. The van der Waals surface area contributed by atoms with Gasteiger partial charge in [-0.3, -0.25) is 4.79 Å². The summed E-state index contributed by atoms with van der Waals surface area (Å²) < 4.78 is 91.3. The molecule has 1 N–H and O–H groups in total. The second-order valence-electron chi connectivity index (χ2n) is 6.29. The summed E-state index contributed by atoms with van der Waals surface area (Å²) in [6.07, 6.45) is -5.14. The summed E-state index contributed by atoms with van der Waals surface area (Å²) in [7, 11) is -2.94. The number of halogens is 6. The van der Waals surface area contributed by atoms with E-state index < -0.39 is 49.2 Å². The van der Waals surface area contributed by atoms with Crippen molar-refractivity contribution in [3.05, 3.63) is 64.2 Å². The molecule has 30 heavy (non-hydrogen) atoms. The van der Waals surface area contributed by atoms with E-state index in [4.69, 9.17) is 11.6 Å². The van der Waals surface area contributed by atoms with Crippen molar-refractivity contribution in [2.24, 2.45) is 0 Å². The molecule has 0 saturated carbocycles. The van der Waals surface area contributed by atoms with Crippen LogP contribution in [0.3, 0.4) is 0 Å². The van der Waals surface area contributed by atoms with Crippen LogP contribution < -0.4 is 4.72 Å². The summed E-state index contributed by atoms with van der Waals surface area (Å²) in [5.41, 5.74) is -0.972. The van der Waals surface area contributed by atoms with Gasteiger partial charge in [-0.2, -0.15) is 13.2 Å². The van der Waals surface area contributed by atoms with Gasteiger partial charge in [-0.15, -0.1) is 0 Å². The Bertz CT molecular complexity index is 1040. The van der Waals surface area contributed by atoms with Crippen LogP contribution in [-0.2, 0) is 27.5 Å². The molecule has 0 aliphatic carbocycles. The normalized spacial score (nSPS) is 12.1. The van der Waals surface area contributed by atoms with Crippen molar-refractivity contribution in [2.45, 2.75) is 24.0 Å². The van der Waals surface area contributed by atoms with E-state index in [9.17, 15) is 35.2 Å². The lowest BCUT2D eigenvalue weighted by atomic mass is 10.2. The number of nitrogens with one attached hydrogen (secondary N) is 1. The van der Waals surface area contributed by atoms with Crippen LogP contribution in [0.2, 0.25) is 5.02 Å². The number of sulfonamides is 1. The smallest absolute Gasteiger partial charge is 0.341 e. The van der Waals surface area contributed by atoms with Gasteiger partial charge in [-0.05, 0) is 35.9 Å². The lowest BCUT2D eigenvalue weighted by molar-refractivity contribution is -0.137. The zero-order valence-corrected chi connectivity index (χ0v) is 17.0. The molecular formula is C18H16ClF5N2O3S. The fourth-order valence-electron chi connectivity index (χ4n) is 2.46. The van der Waals surface area contributed by atoms with Gasteiger partial charge in [0.2, 0.25) is 15.9 Å². The van der Waals surface area contributed by atoms with E-state index in [0.717, 1.165) is 24.3 Å². The predicted octanol–water partition coefficient (Wildman–Crippen LogP) is 3.96. The van der Waals surface area contributed by atoms with Crippen LogP contribution in [0, 0.1) is 11.6 Å². The first-order chi connectivity index (χ1) is 13.8. The number of hydrogen-bond acceptors (Lipinski definition) is 3. The second kappa shape index (κ2) is 9.27. The van der Waals surface area contributed by atoms with E-state index >= 15 is 0 Å². The number of rotatable bonds is 7. The van der Waals surface area contributed by atoms with E-state index in [0.29, 0.717) is 11.6 Å². The van der Waals surface area contributed by atoms with Crippen LogP contribution in [0.5, 0.6) is 0 Å². The second-order valence-corrected chi connectivity index (χ2v) is 8.46. The van der Waals surface area contributed by atoms with Crippen LogP contribution in [0.15, 0.2) is 41.3 Å². The van der Waals surface area contributed by atoms with Crippen molar-refractivity contribution in [1.82, 2.24) is 9.62 Å². The van der Waals surface area contributed by atoms with Crippen molar-refractivity contribution >= 4 is 27.5 Å². The summed E-state index contributed by atoms with van der Waals surface area (Å²) in [6.45, 7) is -0.428. The number of nitrogens with zero attached hydrogens (tertiary/aromatic N) is 1. The number of amides is 1. The topological polar surface area (TPSA) is 66.5 Å². The molecule has 0 spiro atoms. The molecule has 0 atom stereocenters. The highest BCUT2D eigenvalue weighted by Gasteiger charge is 2.34. The Morgan fingerprint density at radius 2 is 1.77 bits per heavy atom. The van der Waals surface area contributed by atoms with Crippen LogP contribution in [-0.4, -0.2) is 32.8 Å². The van der Waals surface area contributed by atoms with Gasteiger partial charge in [0.05, 0.1) is 15.5 Å². The fourth-order valence-corrected chi connectivity index (χ4v) is 3.74. The van der Waals surface area contributed by atoms with Crippen LogP contribution in [0.1, 0.15) is 17.5 Å². The molecule has 5 nitrogen and oxygen atoms in total. The van der Waals surface area contributed by atoms with Crippen LogP contribution >= 0.6 is 11.6 Å². The summed E-state index contributed by atoms with van der Waals surface area (Å²) in [6, 6.07) is 5.28. The number of benzene rings is 2. The summed E-state index contributed by atoms with van der Waals surface area (Å²) >= 11 is 5.47. The minimum Gasteiger partial charge on any atom is -0.341 e. The maximum absolute atomic E-state index is 13.2. The Balaban J connectivity index is 1.98.